The summed E-state index contributed by atoms with van der Waals surface area (Å²) >= 11 is 0. The number of rotatable bonds is 19. The van der Waals surface area contributed by atoms with Gasteiger partial charge in [-0.25, -0.2) is 4.79 Å². The van der Waals surface area contributed by atoms with Crippen LogP contribution in [0, 0.1) is 0 Å². The molecule has 216 valence electrons. The zero-order chi connectivity index (χ0) is 28.4. The molecule has 1 unspecified atom stereocenters. The molecule has 0 aliphatic rings. The molecular weight excluding hydrogens is 496 g/mol. The maximum atomic E-state index is 12.7. The van der Waals surface area contributed by atoms with E-state index in [0.717, 1.165) is 48.5 Å². The molecule has 40 heavy (non-hydrogen) atoms. The van der Waals surface area contributed by atoms with Gasteiger partial charge in [0, 0.05) is 6.61 Å². The summed E-state index contributed by atoms with van der Waals surface area (Å²) in [7, 11) is 0. The number of hydrogen-bond acceptors (Lipinski definition) is 4. The maximum Gasteiger partial charge on any atom is 0.343 e. The monoisotopic (exact) mass is 544 g/mol. The summed E-state index contributed by atoms with van der Waals surface area (Å²) in [6.07, 6.45) is 13.7. The second-order valence-electron chi connectivity index (χ2n) is 10.6. The molecule has 0 aliphatic heterocycles. The van der Waals surface area contributed by atoms with Gasteiger partial charge < -0.3 is 14.2 Å². The molecule has 3 aromatic carbocycles. The molecule has 0 aromatic heterocycles. The number of ether oxygens (including phenoxy) is 3. The van der Waals surface area contributed by atoms with Crippen molar-refractivity contribution >= 4 is 5.97 Å². The highest BCUT2D eigenvalue weighted by Gasteiger charge is 2.11. The molecule has 0 amide bonds. The lowest BCUT2D eigenvalue weighted by molar-refractivity contribution is 0.0626. The predicted octanol–water partition coefficient (Wildman–Crippen LogP) is 10.4. The summed E-state index contributed by atoms with van der Waals surface area (Å²) in [4.78, 5) is 12.7. The van der Waals surface area contributed by atoms with Crippen LogP contribution in [0.5, 0.6) is 11.5 Å². The molecule has 0 spiro atoms. The second kappa shape index (κ2) is 18.3. The Kier molecular flexibility index (Phi) is 14.4. The van der Waals surface area contributed by atoms with Gasteiger partial charge in [0.2, 0.25) is 0 Å². The van der Waals surface area contributed by atoms with Crippen LogP contribution in [0.2, 0.25) is 0 Å². The Morgan fingerprint density at radius 1 is 0.600 bits per heavy atom. The van der Waals surface area contributed by atoms with Crippen LogP contribution in [0.15, 0.2) is 72.8 Å². The summed E-state index contributed by atoms with van der Waals surface area (Å²) < 4.78 is 17.5. The van der Waals surface area contributed by atoms with Crippen LogP contribution in [-0.2, 0) is 4.74 Å². The van der Waals surface area contributed by atoms with E-state index in [1.165, 1.54) is 57.8 Å². The van der Waals surface area contributed by atoms with Crippen molar-refractivity contribution in [2.24, 2.45) is 0 Å². The second-order valence-corrected chi connectivity index (χ2v) is 10.6. The van der Waals surface area contributed by atoms with Crippen molar-refractivity contribution in [1.29, 1.82) is 0 Å². The van der Waals surface area contributed by atoms with Crippen LogP contribution in [0.4, 0.5) is 0 Å². The Hall–Kier alpha value is -3.11. The molecule has 1 atom stereocenters. The normalized spacial score (nSPS) is 11.8. The molecule has 0 fully saturated rings. The highest BCUT2D eigenvalue weighted by molar-refractivity contribution is 5.91. The number of benzene rings is 3. The molecule has 4 heteroatoms. The molecule has 3 rings (SSSR count). The van der Waals surface area contributed by atoms with E-state index in [0.29, 0.717) is 11.3 Å². The van der Waals surface area contributed by atoms with Crippen LogP contribution in [-0.4, -0.2) is 19.2 Å². The van der Waals surface area contributed by atoms with E-state index in [-0.39, 0.29) is 12.1 Å². The lowest BCUT2D eigenvalue weighted by Crippen LogP contribution is -2.09. The van der Waals surface area contributed by atoms with Crippen LogP contribution in [0.1, 0.15) is 113 Å². The fraction of sp³-hybridized carbons (Fsp3) is 0.472. The van der Waals surface area contributed by atoms with E-state index >= 15 is 0 Å². The molecule has 0 N–H and O–H groups in total. The van der Waals surface area contributed by atoms with E-state index in [2.05, 4.69) is 26.0 Å². The highest BCUT2D eigenvalue weighted by atomic mass is 16.5. The van der Waals surface area contributed by atoms with Gasteiger partial charge in [-0.15, -0.1) is 0 Å². The first kappa shape index (κ1) is 31.4. The number of carbonyl (C=O) groups excluding carboxylic acids is 1. The first-order chi connectivity index (χ1) is 19.6. The van der Waals surface area contributed by atoms with Crippen molar-refractivity contribution in [3.05, 3.63) is 83.9 Å². The Morgan fingerprint density at radius 3 is 1.70 bits per heavy atom. The predicted molar refractivity (Wildman–Crippen MR) is 165 cm³/mol. The number of unbranched alkanes of at least 4 members (excludes halogenated alkanes) is 9. The van der Waals surface area contributed by atoms with Gasteiger partial charge in [-0.2, -0.15) is 0 Å². The Bertz CT molecular complexity index is 1090. The third-order valence-electron chi connectivity index (χ3n) is 7.25. The molecule has 0 saturated heterocycles. The van der Waals surface area contributed by atoms with Crippen molar-refractivity contribution in [2.75, 3.05) is 13.2 Å². The Morgan fingerprint density at radius 2 is 1.10 bits per heavy atom. The molecular formula is C36H48O4. The minimum Gasteiger partial charge on any atom is -0.494 e. The third-order valence-corrected chi connectivity index (χ3v) is 7.25. The molecule has 0 bridgehead atoms. The largest absolute Gasteiger partial charge is 0.494 e. The van der Waals surface area contributed by atoms with Crippen molar-refractivity contribution in [3.8, 4) is 22.6 Å². The number of hydrogen-bond donors (Lipinski definition) is 0. The van der Waals surface area contributed by atoms with Crippen LogP contribution in [0.25, 0.3) is 11.1 Å². The zero-order valence-corrected chi connectivity index (χ0v) is 24.8. The lowest BCUT2D eigenvalue weighted by Gasteiger charge is -2.14. The number of esters is 1. The maximum absolute atomic E-state index is 12.7. The number of carbonyl (C=O) groups is 1. The van der Waals surface area contributed by atoms with Gasteiger partial charge in [0.25, 0.3) is 0 Å². The van der Waals surface area contributed by atoms with Gasteiger partial charge >= 0.3 is 5.97 Å². The highest BCUT2D eigenvalue weighted by Crippen LogP contribution is 2.26. The molecule has 4 nitrogen and oxygen atoms in total. The molecule has 0 aliphatic carbocycles. The van der Waals surface area contributed by atoms with E-state index in [4.69, 9.17) is 14.2 Å². The van der Waals surface area contributed by atoms with Crippen molar-refractivity contribution < 1.29 is 19.0 Å². The van der Waals surface area contributed by atoms with Gasteiger partial charge in [0.15, 0.2) is 0 Å². The first-order valence-electron chi connectivity index (χ1n) is 15.4. The average Bonchev–Trinajstić information content (AvgIpc) is 2.99. The van der Waals surface area contributed by atoms with Gasteiger partial charge in [-0.3, -0.25) is 0 Å². The van der Waals surface area contributed by atoms with E-state index in [9.17, 15) is 4.79 Å². The smallest absolute Gasteiger partial charge is 0.343 e. The SMILES string of the molecule is CCCCCCCCCOc1ccc(-c2ccc(OC(=O)c3ccc(C(C)OCCCCCC)cc3)cc2)cc1. The standard InChI is InChI=1S/C36H48O4/c1-4-6-8-10-11-12-14-28-39-34-23-19-31(20-24-34)32-21-25-35(26-22-32)40-36(37)33-17-15-30(16-18-33)29(3)38-27-13-9-7-5-2/h15-26,29H,4-14,27-28H2,1-3H3. The molecule has 3 aromatic rings. The lowest BCUT2D eigenvalue weighted by atomic mass is 10.1. The van der Waals surface area contributed by atoms with Crippen LogP contribution < -0.4 is 9.47 Å². The minimum absolute atomic E-state index is 0.00461. The fourth-order valence-corrected chi connectivity index (χ4v) is 4.65. The summed E-state index contributed by atoms with van der Waals surface area (Å²) in [5.41, 5.74) is 3.74. The van der Waals surface area contributed by atoms with Crippen molar-refractivity contribution in [1.82, 2.24) is 0 Å². The summed E-state index contributed by atoms with van der Waals surface area (Å²) in [5.74, 6) is 1.06. The average molecular weight is 545 g/mol. The first-order valence-corrected chi connectivity index (χ1v) is 15.4. The van der Waals surface area contributed by atoms with Gasteiger partial charge in [-0.1, -0.05) is 108 Å². The van der Waals surface area contributed by atoms with E-state index in [1.54, 1.807) is 12.1 Å². The fourth-order valence-electron chi connectivity index (χ4n) is 4.65. The van der Waals surface area contributed by atoms with Gasteiger partial charge in [0.05, 0.1) is 18.3 Å². The summed E-state index contributed by atoms with van der Waals surface area (Å²) in [6, 6.07) is 23.3. The molecule has 0 saturated carbocycles. The third kappa shape index (κ3) is 11.2. The van der Waals surface area contributed by atoms with E-state index < -0.39 is 0 Å². The van der Waals surface area contributed by atoms with E-state index in [1.807, 2.05) is 55.5 Å². The summed E-state index contributed by atoms with van der Waals surface area (Å²) in [5, 5.41) is 0. The van der Waals surface area contributed by atoms with Gasteiger partial charge in [0.1, 0.15) is 11.5 Å². The Labute approximate surface area is 242 Å². The summed E-state index contributed by atoms with van der Waals surface area (Å²) in [6.45, 7) is 8.03. The quantitative estimate of drug-likeness (QED) is 0.0855. The topological polar surface area (TPSA) is 44.8 Å². The minimum atomic E-state index is -0.366. The van der Waals surface area contributed by atoms with Gasteiger partial charge in [-0.05, 0) is 72.9 Å². The van der Waals surface area contributed by atoms with Crippen molar-refractivity contribution in [3.63, 3.8) is 0 Å². The molecule has 0 radical (unpaired) electrons. The Balaban J connectivity index is 1.41. The van der Waals surface area contributed by atoms with Crippen LogP contribution >= 0.6 is 0 Å². The van der Waals surface area contributed by atoms with Crippen molar-refractivity contribution in [2.45, 2.75) is 97.5 Å². The molecule has 0 heterocycles. The van der Waals surface area contributed by atoms with Crippen LogP contribution in [0.3, 0.4) is 0 Å². The zero-order valence-electron chi connectivity index (χ0n) is 24.8.